The van der Waals surface area contributed by atoms with E-state index in [-0.39, 0.29) is 12.5 Å². The Balaban J connectivity index is 1.86. The molecule has 3 aromatic rings. The Morgan fingerprint density at radius 1 is 0.871 bits per heavy atom. The maximum Gasteiger partial charge on any atom is 0.255 e. The van der Waals surface area contributed by atoms with Gasteiger partial charge in [-0.15, -0.1) is 0 Å². The van der Waals surface area contributed by atoms with E-state index in [0.29, 0.717) is 16.9 Å². The van der Waals surface area contributed by atoms with E-state index >= 15 is 0 Å². The third-order valence-corrected chi connectivity index (χ3v) is 6.47. The zero-order chi connectivity index (χ0) is 22.8. The van der Waals surface area contributed by atoms with Gasteiger partial charge in [-0.05, 0) is 80.3 Å². The van der Waals surface area contributed by atoms with E-state index in [2.05, 4.69) is 5.32 Å². The number of hydrogen-bond donors (Lipinski definition) is 1. The lowest BCUT2D eigenvalue weighted by Crippen LogP contribution is -2.29. The molecule has 1 amide bonds. The molecule has 0 radical (unpaired) electrons. The number of carbonyl (C=O) groups is 1. The van der Waals surface area contributed by atoms with Crippen molar-refractivity contribution in [2.75, 3.05) is 15.9 Å². The van der Waals surface area contributed by atoms with Crippen LogP contribution in [0.2, 0.25) is 0 Å². The minimum atomic E-state index is -3.49. The van der Waals surface area contributed by atoms with Crippen LogP contribution >= 0.6 is 0 Å². The third kappa shape index (κ3) is 5.52. The van der Waals surface area contributed by atoms with Crippen LogP contribution in [0.5, 0.6) is 0 Å². The van der Waals surface area contributed by atoms with Crippen molar-refractivity contribution in [3.05, 3.63) is 94.0 Å². The zero-order valence-electron chi connectivity index (χ0n) is 18.6. The minimum Gasteiger partial charge on any atom is -0.322 e. The number of aryl methyl sites for hydroxylation is 4. The molecule has 3 rings (SSSR count). The predicted molar refractivity (Wildman–Crippen MR) is 127 cm³/mol. The standard InChI is InChI=1S/C25H28N2O3S/c1-17-9-10-19(3)24(13-17)25(28)26-22-8-6-7-21(15-22)16-27(31(5,29)30)23-12-11-18(2)20(4)14-23/h6-15H,16H2,1-5H3,(H,26,28). The van der Waals surface area contributed by atoms with E-state index in [1.807, 2.05) is 82.3 Å². The number of nitrogens with one attached hydrogen (secondary N) is 1. The van der Waals surface area contributed by atoms with Gasteiger partial charge in [-0.3, -0.25) is 9.10 Å². The van der Waals surface area contributed by atoms with Crippen LogP contribution in [0.3, 0.4) is 0 Å². The van der Waals surface area contributed by atoms with E-state index in [1.54, 1.807) is 6.07 Å². The van der Waals surface area contributed by atoms with Crippen molar-refractivity contribution in [2.24, 2.45) is 0 Å². The number of carbonyl (C=O) groups excluding carboxylic acids is 1. The van der Waals surface area contributed by atoms with Crippen LogP contribution in [0.4, 0.5) is 11.4 Å². The summed E-state index contributed by atoms with van der Waals surface area (Å²) in [5.74, 6) is -0.188. The van der Waals surface area contributed by atoms with Gasteiger partial charge in [-0.1, -0.05) is 35.9 Å². The number of amides is 1. The molecule has 0 saturated heterocycles. The number of sulfonamides is 1. The molecule has 6 heteroatoms. The van der Waals surface area contributed by atoms with Crippen molar-refractivity contribution in [3.8, 4) is 0 Å². The highest BCUT2D eigenvalue weighted by molar-refractivity contribution is 7.92. The lowest BCUT2D eigenvalue weighted by molar-refractivity contribution is 0.102. The van der Waals surface area contributed by atoms with E-state index in [0.717, 1.165) is 27.8 Å². The van der Waals surface area contributed by atoms with Gasteiger partial charge in [-0.25, -0.2) is 8.42 Å². The second-order valence-electron chi connectivity index (χ2n) is 8.01. The topological polar surface area (TPSA) is 66.5 Å². The highest BCUT2D eigenvalue weighted by atomic mass is 32.2. The number of benzene rings is 3. The average molecular weight is 437 g/mol. The molecule has 5 nitrogen and oxygen atoms in total. The van der Waals surface area contributed by atoms with E-state index < -0.39 is 10.0 Å². The van der Waals surface area contributed by atoms with Crippen molar-refractivity contribution in [2.45, 2.75) is 34.2 Å². The largest absolute Gasteiger partial charge is 0.322 e. The van der Waals surface area contributed by atoms with Crippen LogP contribution in [0.25, 0.3) is 0 Å². The number of nitrogens with zero attached hydrogens (tertiary/aromatic N) is 1. The highest BCUT2D eigenvalue weighted by Crippen LogP contribution is 2.24. The molecular formula is C25H28N2O3S. The first-order valence-electron chi connectivity index (χ1n) is 10.1. The van der Waals surface area contributed by atoms with Crippen molar-refractivity contribution in [1.29, 1.82) is 0 Å². The molecule has 1 N–H and O–H groups in total. The van der Waals surface area contributed by atoms with Crippen molar-refractivity contribution in [3.63, 3.8) is 0 Å². The SMILES string of the molecule is Cc1ccc(C)c(C(=O)Nc2cccc(CN(c3ccc(C)c(C)c3)S(C)(=O)=O)c2)c1. The van der Waals surface area contributed by atoms with Gasteiger partial charge in [0.05, 0.1) is 18.5 Å². The van der Waals surface area contributed by atoms with E-state index in [9.17, 15) is 13.2 Å². The van der Waals surface area contributed by atoms with Crippen molar-refractivity contribution in [1.82, 2.24) is 0 Å². The van der Waals surface area contributed by atoms with Gasteiger partial charge in [0, 0.05) is 11.3 Å². The molecule has 162 valence electrons. The second-order valence-corrected chi connectivity index (χ2v) is 9.92. The van der Waals surface area contributed by atoms with Crippen LogP contribution in [-0.4, -0.2) is 20.6 Å². The van der Waals surface area contributed by atoms with Gasteiger partial charge in [0.25, 0.3) is 5.91 Å². The Kier molecular flexibility index (Phi) is 6.51. The number of hydrogen-bond acceptors (Lipinski definition) is 3. The molecule has 0 aliphatic heterocycles. The molecular weight excluding hydrogens is 408 g/mol. The first kappa shape index (κ1) is 22.6. The maximum absolute atomic E-state index is 12.8. The smallest absolute Gasteiger partial charge is 0.255 e. The summed E-state index contributed by atoms with van der Waals surface area (Å²) >= 11 is 0. The molecule has 0 fully saturated rings. The Hall–Kier alpha value is -3.12. The third-order valence-electron chi connectivity index (χ3n) is 5.33. The van der Waals surface area contributed by atoms with Crippen molar-refractivity contribution < 1.29 is 13.2 Å². The van der Waals surface area contributed by atoms with Crippen LogP contribution in [0.1, 0.15) is 38.2 Å². The molecule has 3 aromatic carbocycles. The Bertz CT molecular complexity index is 1230. The lowest BCUT2D eigenvalue weighted by Gasteiger charge is -2.23. The fourth-order valence-electron chi connectivity index (χ4n) is 3.37. The van der Waals surface area contributed by atoms with Gasteiger partial charge in [0.1, 0.15) is 0 Å². The molecule has 0 aliphatic rings. The van der Waals surface area contributed by atoms with Gasteiger partial charge in [0.15, 0.2) is 0 Å². The monoisotopic (exact) mass is 436 g/mol. The van der Waals surface area contributed by atoms with Crippen LogP contribution in [-0.2, 0) is 16.6 Å². The van der Waals surface area contributed by atoms with Crippen LogP contribution < -0.4 is 9.62 Å². The summed E-state index contributed by atoms with van der Waals surface area (Å²) in [5.41, 5.74) is 6.70. The van der Waals surface area contributed by atoms with Gasteiger partial charge >= 0.3 is 0 Å². The van der Waals surface area contributed by atoms with Crippen LogP contribution in [0.15, 0.2) is 60.7 Å². The summed E-state index contributed by atoms with van der Waals surface area (Å²) in [5, 5.41) is 2.93. The Morgan fingerprint density at radius 2 is 1.58 bits per heavy atom. The normalized spacial score (nSPS) is 11.3. The van der Waals surface area contributed by atoms with Crippen molar-refractivity contribution >= 4 is 27.3 Å². The fourth-order valence-corrected chi connectivity index (χ4v) is 4.25. The number of anilines is 2. The quantitative estimate of drug-likeness (QED) is 0.582. The molecule has 0 atom stereocenters. The first-order chi connectivity index (χ1) is 14.5. The Labute approximate surface area is 184 Å². The van der Waals surface area contributed by atoms with Gasteiger partial charge in [-0.2, -0.15) is 0 Å². The summed E-state index contributed by atoms with van der Waals surface area (Å²) in [6.45, 7) is 7.98. The Morgan fingerprint density at radius 3 is 2.26 bits per heavy atom. The van der Waals surface area contributed by atoms with Gasteiger partial charge in [0.2, 0.25) is 10.0 Å². The summed E-state index contributed by atoms with van der Waals surface area (Å²) in [4.78, 5) is 12.8. The summed E-state index contributed by atoms with van der Waals surface area (Å²) in [6, 6.07) is 18.6. The molecule has 31 heavy (non-hydrogen) atoms. The fraction of sp³-hybridized carbons (Fsp3) is 0.240. The molecule has 0 unspecified atom stereocenters. The summed E-state index contributed by atoms with van der Waals surface area (Å²) < 4.78 is 26.4. The number of rotatable bonds is 6. The maximum atomic E-state index is 12.8. The lowest BCUT2D eigenvalue weighted by atomic mass is 10.0. The minimum absolute atomic E-state index is 0.175. The zero-order valence-corrected chi connectivity index (χ0v) is 19.4. The second kappa shape index (κ2) is 8.94. The molecule has 0 heterocycles. The highest BCUT2D eigenvalue weighted by Gasteiger charge is 2.19. The first-order valence-corrected chi connectivity index (χ1v) is 11.9. The molecule has 0 aliphatic carbocycles. The van der Waals surface area contributed by atoms with E-state index in [1.165, 1.54) is 10.6 Å². The molecule has 0 saturated carbocycles. The molecule has 0 aromatic heterocycles. The molecule has 0 spiro atoms. The van der Waals surface area contributed by atoms with Gasteiger partial charge < -0.3 is 5.32 Å². The molecule has 0 bridgehead atoms. The average Bonchev–Trinajstić information content (AvgIpc) is 2.69. The predicted octanol–water partition coefficient (Wildman–Crippen LogP) is 5.14. The van der Waals surface area contributed by atoms with Crippen LogP contribution in [0, 0.1) is 27.7 Å². The summed E-state index contributed by atoms with van der Waals surface area (Å²) in [7, 11) is -3.49. The van der Waals surface area contributed by atoms with E-state index in [4.69, 9.17) is 0 Å². The summed E-state index contributed by atoms with van der Waals surface area (Å²) in [6.07, 6.45) is 1.20.